The summed E-state index contributed by atoms with van der Waals surface area (Å²) in [5.41, 5.74) is 3.44. The summed E-state index contributed by atoms with van der Waals surface area (Å²) >= 11 is 0. The van der Waals surface area contributed by atoms with Gasteiger partial charge in [-0.1, -0.05) is 56.9 Å². The molecule has 0 amide bonds. The molecule has 196 valence electrons. The molecule has 4 nitrogen and oxygen atoms in total. The van der Waals surface area contributed by atoms with Crippen molar-refractivity contribution in [2.24, 2.45) is 23.2 Å². The number of carbonyl (C=O) groups is 2. The fraction of sp³-hybridized carbons (Fsp3) is 0.576. The summed E-state index contributed by atoms with van der Waals surface area (Å²) < 4.78 is 11.9. The van der Waals surface area contributed by atoms with Gasteiger partial charge in [0.05, 0.1) is 5.56 Å². The van der Waals surface area contributed by atoms with Crippen LogP contribution in [0.25, 0.3) is 0 Å². The Morgan fingerprint density at radius 3 is 2.57 bits per heavy atom. The minimum atomic E-state index is -0.308. The first kappa shape index (κ1) is 24.7. The van der Waals surface area contributed by atoms with Crippen molar-refractivity contribution in [3.05, 3.63) is 65.2 Å². The summed E-state index contributed by atoms with van der Waals surface area (Å²) in [4.78, 5) is 25.3. The van der Waals surface area contributed by atoms with Gasteiger partial charge in [0, 0.05) is 11.8 Å². The molecule has 0 heterocycles. The fourth-order valence-electron chi connectivity index (χ4n) is 8.35. The molecule has 0 N–H and O–H groups in total. The summed E-state index contributed by atoms with van der Waals surface area (Å²) in [5.74, 6) is 2.91. The number of rotatable bonds is 6. The number of hydrogen-bond donors (Lipinski definition) is 0. The van der Waals surface area contributed by atoms with Gasteiger partial charge in [0.25, 0.3) is 0 Å². The minimum Gasteiger partial charge on any atom is -0.462 e. The first-order valence-corrected chi connectivity index (χ1v) is 14.6. The molecule has 0 saturated heterocycles. The lowest BCUT2D eigenvalue weighted by atomic mass is 9.55. The second-order valence-electron chi connectivity index (χ2n) is 12.3. The lowest BCUT2D eigenvalue weighted by Gasteiger charge is -2.50. The molecule has 3 fully saturated rings. The van der Waals surface area contributed by atoms with Crippen molar-refractivity contribution in [3.8, 4) is 5.75 Å². The molecule has 0 unspecified atom stereocenters. The predicted octanol–water partition coefficient (Wildman–Crippen LogP) is 7.64. The van der Waals surface area contributed by atoms with Crippen molar-refractivity contribution >= 4 is 11.9 Å². The maximum Gasteiger partial charge on any atom is 0.343 e. The third-order valence-electron chi connectivity index (χ3n) is 10.3. The van der Waals surface area contributed by atoms with Crippen molar-refractivity contribution in [3.63, 3.8) is 0 Å². The van der Waals surface area contributed by atoms with E-state index in [1.54, 1.807) is 12.1 Å². The Kier molecular flexibility index (Phi) is 6.86. The summed E-state index contributed by atoms with van der Waals surface area (Å²) in [5, 5.41) is 0. The number of esters is 2. The van der Waals surface area contributed by atoms with E-state index in [0.29, 0.717) is 35.5 Å². The number of benzene rings is 2. The van der Waals surface area contributed by atoms with E-state index in [4.69, 9.17) is 9.47 Å². The lowest BCUT2D eigenvalue weighted by molar-refractivity contribution is -0.158. The van der Waals surface area contributed by atoms with Crippen LogP contribution in [-0.4, -0.2) is 18.0 Å². The van der Waals surface area contributed by atoms with Crippen LogP contribution in [0, 0.1) is 23.2 Å². The van der Waals surface area contributed by atoms with Crippen LogP contribution in [0.3, 0.4) is 0 Å². The molecule has 0 radical (unpaired) electrons. The van der Waals surface area contributed by atoms with Crippen molar-refractivity contribution in [1.29, 1.82) is 0 Å². The van der Waals surface area contributed by atoms with Gasteiger partial charge in [0.1, 0.15) is 11.9 Å². The highest BCUT2D eigenvalue weighted by atomic mass is 16.5. The Morgan fingerprint density at radius 2 is 1.76 bits per heavy atom. The molecule has 0 spiro atoms. The van der Waals surface area contributed by atoms with Crippen LogP contribution in [0.15, 0.2) is 48.5 Å². The molecule has 4 aliphatic rings. The third-order valence-corrected chi connectivity index (χ3v) is 10.3. The zero-order valence-corrected chi connectivity index (χ0v) is 22.1. The Labute approximate surface area is 221 Å². The zero-order valence-electron chi connectivity index (χ0n) is 22.1. The molecule has 0 aromatic heterocycles. The second-order valence-corrected chi connectivity index (χ2v) is 12.3. The summed E-state index contributed by atoms with van der Waals surface area (Å²) in [6.07, 6.45) is 13.5. The predicted molar refractivity (Wildman–Crippen MR) is 144 cm³/mol. The zero-order chi connectivity index (χ0) is 25.4. The quantitative estimate of drug-likeness (QED) is 0.302. The van der Waals surface area contributed by atoms with Crippen LogP contribution >= 0.6 is 0 Å². The maximum absolute atomic E-state index is 12.8. The van der Waals surface area contributed by atoms with Crippen molar-refractivity contribution in [1.82, 2.24) is 0 Å². The number of aryl methyl sites for hydroxylation is 1. The molecular weight excluding hydrogens is 460 g/mol. The highest BCUT2D eigenvalue weighted by Crippen LogP contribution is 2.61. The maximum atomic E-state index is 12.8. The number of carbonyl (C=O) groups excluding carboxylic acids is 2. The van der Waals surface area contributed by atoms with Gasteiger partial charge in [-0.2, -0.15) is 0 Å². The average molecular weight is 501 g/mol. The molecule has 4 aliphatic carbocycles. The van der Waals surface area contributed by atoms with E-state index >= 15 is 0 Å². The molecule has 2 aromatic carbocycles. The van der Waals surface area contributed by atoms with Gasteiger partial charge in [-0.3, -0.25) is 4.79 Å². The summed E-state index contributed by atoms with van der Waals surface area (Å²) in [6, 6.07) is 15.4. The monoisotopic (exact) mass is 500 g/mol. The van der Waals surface area contributed by atoms with Crippen LogP contribution in [0.4, 0.5) is 0 Å². The van der Waals surface area contributed by atoms with Crippen LogP contribution in [0.2, 0.25) is 0 Å². The molecule has 0 bridgehead atoms. The number of fused-ring (bicyclic) bond motifs is 5. The molecule has 0 aliphatic heterocycles. The Bertz CT molecular complexity index is 1130. The third kappa shape index (κ3) is 4.84. The van der Waals surface area contributed by atoms with Gasteiger partial charge >= 0.3 is 11.9 Å². The first-order valence-electron chi connectivity index (χ1n) is 14.6. The summed E-state index contributed by atoms with van der Waals surface area (Å²) in [6.45, 7) is 2.40. The lowest BCUT2D eigenvalue weighted by Crippen LogP contribution is -2.45. The van der Waals surface area contributed by atoms with Crippen molar-refractivity contribution in [2.45, 2.75) is 96.0 Å². The highest BCUT2D eigenvalue weighted by Gasteiger charge is 2.56. The van der Waals surface area contributed by atoms with E-state index in [1.807, 2.05) is 24.3 Å². The van der Waals surface area contributed by atoms with Gasteiger partial charge in [-0.05, 0) is 104 Å². The fourth-order valence-corrected chi connectivity index (χ4v) is 8.35. The van der Waals surface area contributed by atoms with Crippen LogP contribution in [-0.2, 0) is 16.0 Å². The largest absolute Gasteiger partial charge is 0.462 e. The van der Waals surface area contributed by atoms with Gasteiger partial charge < -0.3 is 9.47 Å². The molecule has 2 aromatic rings. The second kappa shape index (κ2) is 10.3. The summed E-state index contributed by atoms with van der Waals surface area (Å²) in [7, 11) is 0. The van der Waals surface area contributed by atoms with E-state index in [2.05, 4.69) is 19.1 Å². The number of ether oxygens (including phenoxy) is 2. The molecule has 4 heteroatoms. The Balaban J connectivity index is 1.10. The Morgan fingerprint density at radius 1 is 0.946 bits per heavy atom. The van der Waals surface area contributed by atoms with Crippen LogP contribution in [0.1, 0.15) is 105 Å². The van der Waals surface area contributed by atoms with E-state index < -0.39 is 0 Å². The number of hydrogen-bond acceptors (Lipinski definition) is 4. The topological polar surface area (TPSA) is 52.6 Å². The highest BCUT2D eigenvalue weighted by molar-refractivity contribution is 5.91. The molecule has 37 heavy (non-hydrogen) atoms. The molecule has 5 atom stereocenters. The normalized spacial score (nSPS) is 30.7. The van der Waals surface area contributed by atoms with E-state index in [-0.39, 0.29) is 23.5 Å². The minimum absolute atomic E-state index is 0.0347. The van der Waals surface area contributed by atoms with Crippen molar-refractivity contribution < 1.29 is 19.1 Å². The van der Waals surface area contributed by atoms with Gasteiger partial charge in [-0.15, -0.1) is 0 Å². The van der Waals surface area contributed by atoms with Crippen molar-refractivity contribution in [2.75, 3.05) is 0 Å². The molecular formula is C33H40O4. The average Bonchev–Trinajstić information content (AvgIpc) is 3.55. The van der Waals surface area contributed by atoms with Gasteiger partial charge in [0.2, 0.25) is 0 Å². The molecule has 6 rings (SSSR count). The van der Waals surface area contributed by atoms with Gasteiger partial charge in [0.15, 0.2) is 0 Å². The smallest absolute Gasteiger partial charge is 0.343 e. The van der Waals surface area contributed by atoms with Gasteiger partial charge in [-0.25, -0.2) is 4.79 Å². The van der Waals surface area contributed by atoms with Crippen LogP contribution in [0.5, 0.6) is 5.75 Å². The SMILES string of the molecule is C[C@]12CC[C@@H]3c4ccc(OC(=O)c5ccccc5)cc4CC[C@H]3[C@@H]1CC[C@@H]2OC(=O)CCC1CCCC1. The van der Waals surface area contributed by atoms with E-state index in [0.717, 1.165) is 44.4 Å². The standard InChI is InChI=1S/C33H40O4/c1-33-20-19-27-26-15-13-25(36-32(35)23-9-3-2-4-10-23)21-24(26)12-14-28(27)29(33)16-17-30(33)37-31(34)18-11-22-7-5-6-8-22/h2-4,9-10,13,15,21-22,27-30H,5-8,11-12,14,16-20H2,1H3/t27-,28-,29+,30+,33+/m1/s1. The Hall–Kier alpha value is -2.62. The van der Waals surface area contributed by atoms with Crippen LogP contribution < -0.4 is 4.74 Å². The van der Waals surface area contributed by atoms with E-state index in [9.17, 15) is 9.59 Å². The molecule has 3 saturated carbocycles. The first-order chi connectivity index (χ1) is 18.0. The van der Waals surface area contributed by atoms with E-state index in [1.165, 1.54) is 43.2 Å².